The molecular formula is C10H12N10S. The number of nitrogens with zero attached hydrogens (tertiary/aromatic N) is 7. The Morgan fingerprint density at radius 2 is 2.14 bits per heavy atom. The number of thiazole rings is 1. The second-order valence-corrected chi connectivity index (χ2v) is 4.64. The van der Waals surface area contributed by atoms with Crippen molar-refractivity contribution >= 4 is 23.2 Å². The van der Waals surface area contributed by atoms with Gasteiger partial charge < -0.3 is 5.32 Å². The van der Waals surface area contributed by atoms with Gasteiger partial charge in [0.1, 0.15) is 12.7 Å². The summed E-state index contributed by atoms with van der Waals surface area (Å²) in [5, 5.41) is 9.08. The van der Waals surface area contributed by atoms with Gasteiger partial charge in [0, 0.05) is 18.3 Å². The molecule has 0 amide bonds. The van der Waals surface area contributed by atoms with Crippen molar-refractivity contribution in [2.45, 2.75) is 6.42 Å². The molecule has 0 radical (unpaired) electrons. The first-order chi connectivity index (χ1) is 10.3. The van der Waals surface area contributed by atoms with Crippen molar-refractivity contribution in [3.63, 3.8) is 0 Å². The number of hydrogen-bond donors (Lipinski definition) is 3. The molecule has 21 heavy (non-hydrogen) atoms. The highest BCUT2D eigenvalue weighted by atomic mass is 32.1. The average Bonchev–Trinajstić information content (AvgIpc) is 3.20. The van der Waals surface area contributed by atoms with Gasteiger partial charge in [0.15, 0.2) is 0 Å². The molecule has 3 rings (SSSR count). The van der Waals surface area contributed by atoms with E-state index < -0.39 is 0 Å². The first-order valence-electron chi connectivity index (χ1n) is 6.04. The van der Waals surface area contributed by atoms with Crippen LogP contribution in [-0.4, -0.2) is 41.2 Å². The van der Waals surface area contributed by atoms with Gasteiger partial charge in [-0.05, 0) is 0 Å². The van der Waals surface area contributed by atoms with E-state index in [1.54, 1.807) is 16.8 Å². The minimum Gasteiger partial charge on any atom is -0.354 e. The molecule has 0 spiro atoms. The Morgan fingerprint density at radius 1 is 1.24 bits per heavy atom. The van der Waals surface area contributed by atoms with E-state index in [2.05, 4.69) is 40.8 Å². The number of rotatable bonds is 6. The molecular weight excluding hydrogens is 292 g/mol. The van der Waals surface area contributed by atoms with Gasteiger partial charge in [0.25, 0.3) is 5.95 Å². The zero-order valence-corrected chi connectivity index (χ0v) is 11.7. The highest BCUT2D eigenvalue weighted by Gasteiger charge is 2.08. The number of nitrogens with one attached hydrogen (secondary N) is 2. The van der Waals surface area contributed by atoms with E-state index in [4.69, 9.17) is 5.84 Å². The first-order valence-corrected chi connectivity index (χ1v) is 6.98. The van der Waals surface area contributed by atoms with E-state index in [-0.39, 0.29) is 5.95 Å². The van der Waals surface area contributed by atoms with Gasteiger partial charge >= 0.3 is 0 Å². The minimum absolute atomic E-state index is 0.242. The maximum atomic E-state index is 5.36. The monoisotopic (exact) mass is 304 g/mol. The number of nitrogens with two attached hydrogens (primary N) is 1. The van der Waals surface area contributed by atoms with Crippen molar-refractivity contribution in [2.75, 3.05) is 17.3 Å². The van der Waals surface area contributed by atoms with E-state index in [9.17, 15) is 0 Å². The van der Waals surface area contributed by atoms with Crippen LogP contribution in [0.3, 0.4) is 0 Å². The summed E-state index contributed by atoms with van der Waals surface area (Å²) in [4.78, 5) is 20.6. The van der Waals surface area contributed by atoms with Crippen LogP contribution in [0.25, 0.3) is 5.95 Å². The fraction of sp³-hybridized carbons (Fsp3) is 0.200. The SMILES string of the molecule is NNc1nc(NCCc2cscn2)nc(-n2cncn2)n1. The molecule has 10 nitrogen and oxygen atoms in total. The lowest BCUT2D eigenvalue weighted by Gasteiger charge is -2.07. The van der Waals surface area contributed by atoms with Crippen molar-refractivity contribution in [1.29, 1.82) is 0 Å². The predicted molar refractivity (Wildman–Crippen MR) is 76.9 cm³/mol. The Labute approximate surface area is 123 Å². The molecule has 0 aliphatic carbocycles. The smallest absolute Gasteiger partial charge is 0.258 e. The summed E-state index contributed by atoms with van der Waals surface area (Å²) in [5.41, 5.74) is 5.23. The standard InChI is InChI=1S/C10H12N10S/c11-19-9-16-8(13-2-1-7-3-21-6-14-7)17-10(18-9)20-5-12-4-15-20/h3-6H,1-2,11H2,(H2,13,16,17,18,19). The Kier molecular flexibility index (Phi) is 3.93. The highest BCUT2D eigenvalue weighted by molar-refractivity contribution is 7.07. The van der Waals surface area contributed by atoms with Crippen LogP contribution in [0, 0.1) is 0 Å². The van der Waals surface area contributed by atoms with E-state index in [1.807, 2.05) is 5.38 Å². The Hall–Kier alpha value is -2.66. The van der Waals surface area contributed by atoms with Crippen LogP contribution in [0.4, 0.5) is 11.9 Å². The van der Waals surface area contributed by atoms with Gasteiger partial charge in [0.2, 0.25) is 11.9 Å². The third kappa shape index (κ3) is 3.27. The molecule has 0 aromatic carbocycles. The maximum Gasteiger partial charge on any atom is 0.258 e. The molecule has 0 fully saturated rings. The van der Waals surface area contributed by atoms with Gasteiger partial charge in [-0.15, -0.1) is 11.3 Å². The molecule has 11 heteroatoms. The third-order valence-corrected chi connectivity index (χ3v) is 3.16. The fourth-order valence-corrected chi connectivity index (χ4v) is 2.18. The van der Waals surface area contributed by atoms with E-state index >= 15 is 0 Å². The first kappa shape index (κ1) is 13.3. The van der Waals surface area contributed by atoms with Gasteiger partial charge in [-0.1, -0.05) is 0 Å². The van der Waals surface area contributed by atoms with E-state index in [0.717, 1.165) is 12.1 Å². The highest BCUT2D eigenvalue weighted by Crippen LogP contribution is 2.08. The molecule has 0 saturated carbocycles. The molecule has 108 valence electrons. The lowest BCUT2D eigenvalue weighted by atomic mass is 10.3. The number of hydrogen-bond acceptors (Lipinski definition) is 10. The maximum absolute atomic E-state index is 5.36. The normalized spacial score (nSPS) is 10.5. The lowest BCUT2D eigenvalue weighted by Crippen LogP contribution is -2.17. The minimum atomic E-state index is 0.242. The molecule has 0 aliphatic heterocycles. The third-order valence-electron chi connectivity index (χ3n) is 2.52. The molecule has 0 saturated heterocycles. The predicted octanol–water partition coefficient (Wildman–Crippen LogP) is -0.151. The molecule has 3 aromatic rings. The number of hydrazine groups is 1. The van der Waals surface area contributed by atoms with E-state index in [1.165, 1.54) is 17.3 Å². The summed E-state index contributed by atoms with van der Waals surface area (Å²) in [6.07, 6.45) is 3.67. The van der Waals surface area contributed by atoms with E-state index in [0.29, 0.717) is 18.4 Å². The molecule has 4 N–H and O–H groups in total. The summed E-state index contributed by atoms with van der Waals surface area (Å²) in [7, 11) is 0. The van der Waals surface area contributed by atoms with Crippen molar-refractivity contribution in [1.82, 2.24) is 34.7 Å². The molecule has 3 heterocycles. The zero-order valence-electron chi connectivity index (χ0n) is 10.8. The molecule has 3 aromatic heterocycles. The average molecular weight is 304 g/mol. The summed E-state index contributed by atoms with van der Waals surface area (Å²) < 4.78 is 1.42. The van der Waals surface area contributed by atoms with Gasteiger partial charge in [-0.25, -0.2) is 15.8 Å². The van der Waals surface area contributed by atoms with Crippen LogP contribution in [0.15, 0.2) is 23.5 Å². The second-order valence-electron chi connectivity index (χ2n) is 3.92. The van der Waals surface area contributed by atoms with Crippen LogP contribution in [-0.2, 0) is 6.42 Å². The lowest BCUT2D eigenvalue weighted by molar-refractivity contribution is 0.793. The number of nitrogen functional groups attached to an aromatic ring is 1. The van der Waals surface area contributed by atoms with Crippen LogP contribution in [0.1, 0.15) is 5.69 Å². The van der Waals surface area contributed by atoms with Crippen LogP contribution < -0.4 is 16.6 Å². The summed E-state index contributed by atoms with van der Waals surface area (Å²) in [6.45, 7) is 0.647. The van der Waals surface area contributed by atoms with Crippen molar-refractivity contribution in [3.05, 3.63) is 29.2 Å². The quantitative estimate of drug-likeness (QED) is 0.420. The van der Waals surface area contributed by atoms with Crippen molar-refractivity contribution < 1.29 is 0 Å². The van der Waals surface area contributed by atoms with Crippen molar-refractivity contribution in [2.24, 2.45) is 5.84 Å². The topological polar surface area (TPSA) is 132 Å². The summed E-state index contributed by atoms with van der Waals surface area (Å²) in [5.74, 6) is 6.33. The Balaban J connectivity index is 1.73. The second kappa shape index (κ2) is 6.19. The molecule has 0 aliphatic rings. The Morgan fingerprint density at radius 3 is 2.86 bits per heavy atom. The zero-order chi connectivity index (χ0) is 14.5. The Bertz CT molecular complexity index is 680. The molecule has 0 atom stereocenters. The number of aromatic nitrogens is 7. The molecule has 0 bridgehead atoms. The largest absolute Gasteiger partial charge is 0.354 e. The van der Waals surface area contributed by atoms with Gasteiger partial charge in [-0.3, -0.25) is 5.43 Å². The van der Waals surface area contributed by atoms with Crippen molar-refractivity contribution in [3.8, 4) is 5.95 Å². The van der Waals surface area contributed by atoms with Crippen LogP contribution in [0.5, 0.6) is 0 Å². The van der Waals surface area contributed by atoms with Crippen LogP contribution >= 0.6 is 11.3 Å². The van der Waals surface area contributed by atoms with Crippen LogP contribution in [0.2, 0.25) is 0 Å². The summed E-state index contributed by atoms with van der Waals surface area (Å²) >= 11 is 1.57. The number of anilines is 2. The fourth-order valence-electron chi connectivity index (χ4n) is 1.59. The molecule has 0 unspecified atom stereocenters. The summed E-state index contributed by atoms with van der Waals surface area (Å²) in [6, 6.07) is 0. The van der Waals surface area contributed by atoms with Gasteiger partial charge in [-0.2, -0.15) is 24.7 Å². The van der Waals surface area contributed by atoms with Gasteiger partial charge in [0.05, 0.1) is 11.2 Å².